The van der Waals surface area contributed by atoms with E-state index in [4.69, 9.17) is 0 Å². The Labute approximate surface area is 174 Å². The number of benzene rings is 2. The maximum atomic E-state index is 13.3. The van der Waals surface area contributed by atoms with Crippen LogP contribution in [0.1, 0.15) is 50.5 Å². The Kier molecular flexibility index (Phi) is 7.64. The quantitative estimate of drug-likeness (QED) is 0.445. The van der Waals surface area contributed by atoms with Crippen molar-refractivity contribution in [1.29, 1.82) is 0 Å². The Bertz CT molecular complexity index is 732. The number of amides is 1. The van der Waals surface area contributed by atoms with Crippen LogP contribution in [0, 0.1) is 0 Å². The van der Waals surface area contributed by atoms with Gasteiger partial charge in [-0.05, 0) is 67.0 Å². The van der Waals surface area contributed by atoms with E-state index in [0.29, 0.717) is 0 Å². The number of carbonyl (C=O) groups excluding carboxylic acids is 1. The van der Waals surface area contributed by atoms with Crippen LogP contribution in [0.5, 0.6) is 0 Å². The van der Waals surface area contributed by atoms with Gasteiger partial charge in [-0.25, -0.2) is 0 Å². The van der Waals surface area contributed by atoms with Gasteiger partial charge in [-0.1, -0.05) is 44.2 Å². The van der Waals surface area contributed by atoms with E-state index in [0.717, 1.165) is 40.4 Å². The largest absolute Gasteiger partial charge is 0.472 e. The lowest BCUT2D eigenvalue weighted by Crippen LogP contribution is -2.38. The number of hydrogen-bond donors (Lipinski definition) is 0. The molecular formula is C23H26F3NOS. The number of carbonyl (C=O) groups is 1. The van der Waals surface area contributed by atoms with Crippen LogP contribution in [0.25, 0.3) is 0 Å². The van der Waals surface area contributed by atoms with Gasteiger partial charge in [0.25, 0.3) is 0 Å². The van der Waals surface area contributed by atoms with Crippen LogP contribution >= 0.6 is 11.8 Å². The number of halogens is 3. The molecule has 0 saturated carbocycles. The van der Waals surface area contributed by atoms with Gasteiger partial charge in [-0.3, -0.25) is 9.69 Å². The highest BCUT2D eigenvalue weighted by Gasteiger charge is 2.43. The van der Waals surface area contributed by atoms with Gasteiger partial charge in [0.05, 0.1) is 0 Å². The maximum absolute atomic E-state index is 13.3. The molecule has 1 amide bonds. The smallest absolute Gasteiger partial charge is 0.273 e. The number of anilines is 2. The predicted octanol–water partition coefficient (Wildman–Crippen LogP) is 7.29. The number of thioether (sulfide) groups is 1. The summed E-state index contributed by atoms with van der Waals surface area (Å²) >= 11 is 1.70. The molecule has 0 aliphatic carbocycles. The Morgan fingerprint density at radius 3 is 1.86 bits per heavy atom. The summed E-state index contributed by atoms with van der Waals surface area (Å²) in [4.78, 5) is 13.9. The molecule has 3 aliphatic heterocycles. The zero-order chi connectivity index (χ0) is 20.7. The normalized spacial score (nSPS) is 16.9. The van der Waals surface area contributed by atoms with Crippen LogP contribution in [0.2, 0.25) is 0 Å². The number of rotatable bonds is 0. The van der Waals surface area contributed by atoms with Gasteiger partial charge in [0.1, 0.15) is 0 Å². The summed E-state index contributed by atoms with van der Waals surface area (Å²) in [5.74, 6) is -0.886. The van der Waals surface area contributed by atoms with Crippen LogP contribution in [0.15, 0.2) is 53.4 Å². The first-order valence-corrected chi connectivity index (χ1v) is 11.2. The average Bonchev–Trinajstić information content (AvgIpc) is 2.70. The Morgan fingerprint density at radius 1 is 0.759 bits per heavy atom. The fraction of sp³-hybridized carbons (Fsp3) is 0.435. The first-order chi connectivity index (χ1) is 13.9. The zero-order valence-electron chi connectivity index (χ0n) is 16.4. The van der Waals surface area contributed by atoms with Crippen LogP contribution in [-0.4, -0.2) is 17.8 Å². The predicted molar refractivity (Wildman–Crippen MR) is 113 cm³/mol. The molecule has 156 valence electrons. The highest BCUT2D eigenvalue weighted by molar-refractivity contribution is 7.99. The van der Waals surface area contributed by atoms with Crippen molar-refractivity contribution in [3.8, 4) is 0 Å². The molecule has 0 unspecified atom stereocenters. The second-order valence-electron chi connectivity index (χ2n) is 7.37. The molecule has 29 heavy (non-hydrogen) atoms. The molecule has 2 aromatic carbocycles. The third-order valence-corrected chi connectivity index (χ3v) is 6.21. The van der Waals surface area contributed by atoms with Gasteiger partial charge >= 0.3 is 12.1 Å². The molecule has 0 saturated heterocycles. The Balaban J connectivity index is 1.90. The van der Waals surface area contributed by atoms with Crippen LogP contribution in [0.3, 0.4) is 0 Å². The van der Waals surface area contributed by atoms with Crippen LogP contribution < -0.4 is 4.90 Å². The summed E-state index contributed by atoms with van der Waals surface area (Å²) in [6.45, 7) is 0. The summed E-state index contributed by atoms with van der Waals surface area (Å²) in [6.07, 6.45) is 4.27. The number of aryl methyl sites for hydroxylation is 1. The minimum Gasteiger partial charge on any atom is -0.273 e. The summed E-state index contributed by atoms with van der Waals surface area (Å²) in [5.41, 5.74) is 1.54. The second kappa shape index (κ2) is 10.2. The van der Waals surface area contributed by atoms with Gasteiger partial charge in [0.15, 0.2) is 0 Å². The van der Waals surface area contributed by atoms with Crippen molar-refractivity contribution in [2.45, 2.75) is 62.4 Å². The molecule has 0 fully saturated rings. The van der Waals surface area contributed by atoms with Crippen molar-refractivity contribution < 1.29 is 18.0 Å². The van der Waals surface area contributed by atoms with E-state index in [1.807, 2.05) is 12.1 Å². The van der Waals surface area contributed by atoms with E-state index < -0.39 is 12.1 Å². The number of hydrogen-bond acceptors (Lipinski definition) is 2. The first kappa shape index (κ1) is 21.8. The van der Waals surface area contributed by atoms with Gasteiger partial charge in [-0.2, -0.15) is 13.2 Å². The first-order valence-electron chi connectivity index (χ1n) is 10.2. The van der Waals surface area contributed by atoms with Crippen molar-refractivity contribution >= 4 is 29.0 Å². The maximum Gasteiger partial charge on any atom is 0.472 e. The molecule has 4 bridgehead atoms. The van der Waals surface area contributed by atoms with Crippen molar-refractivity contribution in [1.82, 2.24) is 0 Å². The van der Waals surface area contributed by atoms with Crippen molar-refractivity contribution in [2.24, 2.45) is 0 Å². The SMILES string of the molecule is O=C(N1c2ccc(cc2)CCCCCCCCCSc2ccc1cc2)C(F)(F)F. The topological polar surface area (TPSA) is 20.3 Å². The third-order valence-electron chi connectivity index (χ3n) is 5.11. The molecule has 5 rings (SSSR count). The number of fused-ring (bicyclic) bond motifs is 2. The van der Waals surface area contributed by atoms with Gasteiger partial charge in [0.2, 0.25) is 0 Å². The highest BCUT2D eigenvalue weighted by Crippen LogP contribution is 2.33. The van der Waals surface area contributed by atoms with Gasteiger partial charge in [-0.15, -0.1) is 11.8 Å². The minimum atomic E-state index is -4.94. The molecule has 0 N–H and O–H groups in total. The van der Waals surface area contributed by atoms with E-state index >= 15 is 0 Å². The Morgan fingerprint density at radius 2 is 1.28 bits per heavy atom. The van der Waals surface area contributed by atoms with Crippen LogP contribution in [0.4, 0.5) is 24.5 Å². The van der Waals surface area contributed by atoms with Crippen molar-refractivity contribution in [2.75, 3.05) is 10.7 Å². The summed E-state index contributed by atoms with van der Waals surface area (Å²) in [6, 6.07) is 13.6. The van der Waals surface area contributed by atoms with Gasteiger partial charge < -0.3 is 0 Å². The van der Waals surface area contributed by atoms with Crippen molar-refractivity contribution in [3.05, 3.63) is 54.1 Å². The van der Waals surface area contributed by atoms with Crippen LogP contribution in [-0.2, 0) is 11.2 Å². The van der Waals surface area contributed by atoms with E-state index in [2.05, 4.69) is 0 Å². The van der Waals surface area contributed by atoms with E-state index in [-0.39, 0.29) is 11.4 Å². The fourth-order valence-electron chi connectivity index (χ4n) is 3.52. The lowest BCUT2D eigenvalue weighted by atomic mass is 10.0. The lowest BCUT2D eigenvalue weighted by molar-refractivity contribution is -0.169. The fourth-order valence-corrected chi connectivity index (χ4v) is 4.43. The average molecular weight is 422 g/mol. The molecular weight excluding hydrogens is 395 g/mol. The third kappa shape index (κ3) is 6.26. The van der Waals surface area contributed by atoms with Crippen molar-refractivity contribution in [3.63, 3.8) is 0 Å². The van der Waals surface area contributed by atoms with Gasteiger partial charge in [0, 0.05) is 16.3 Å². The summed E-state index contributed by atoms with van der Waals surface area (Å²) in [7, 11) is 0. The Hall–Kier alpha value is -1.95. The molecule has 0 atom stereocenters. The summed E-state index contributed by atoms with van der Waals surface area (Å²) in [5, 5.41) is 0. The molecule has 0 spiro atoms. The zero-order valence-corrected chi connectivity index (χ0v) is 17.2. The molecule has 6 heteroatoms. The second-order valence-corrected chi connectivity index (χ2v) is 8.54. The van der Waals surface area contributed by atoms with E-state index in [1.54, 1.807) is 48.2 Å². The lowest BCUT2D eigenvalue weighted by Gasteiger charge is -2.24. The number of nitrogens with zero attached hydrogens (tertiary/aromatic N) is 1. The summed E-state index contributed by atoms with van der Waals surface area (Å²) < 4.78 is 39.8. The number of alkyl halides is 3. The molecule has 2 nitrogen and oxygen atoms in total. The standard InChI is InChI=1S/C23H26F3NOS/c24-23(25,26)22(28)27-19-11-9-18(10-12-19)8-6-4-2-1-3-5-7-17-29-21-15-13-20(27)14-16-21/h9-16H,1-8,17H2. The molecule has 2 aromatic rings. The highest BCUT2D eigenvalue weighted by atomic mass is 32.2. The molecule has 0 radical (unpaired) electrons. The minimum absolute atomic E-state index is 0.224. The monoisotopic (exact) mass is 421 g/mol. The molecule has 3 heterocycles. The van der Waals surface area contributed by atoms with E-state index in [1.165, 1.54) is 32.1 Å². The molecule has 0 aromatic heterocycles. The van der Waals surface area contributed by atoms with E-state index in [9.17, 15) is 18.0 Å². The molecule has 3 aliphatic rings.